The van der Waals surface area contributed by atoms with Gasteiger partial charge < -0.3 is 15.1 Å². The molecule has 1 N–H and O–H groups in total. The first-order chi connectivity index (χ1) is 10.7. The molecule has 0 bridgehead atoms. The van der Waals surface area contributed by atoms with Crippen LogP contribution in [-0.4, -0.2) is 47.1 Å². The van der Waals surface area contributed by atoms with Crippen LogP contribution in [0.1, 0.15) is 18.5 Å². The number of thiazole rings is 1. The van der Waals surface area contributed by atoms with Crippen LogP contribution in [0.2, 0.25) is 0 Å². The number of urea groups is 1. The SMILES string of the molecule is C[C@H](NC(=O)N1CCN(c2nccs2)CC1)c1cccnc1. The number of carbonyl (C=O) groups excluding carboxylic acids is 1. The summed E-state index contributed by atoms with van der Waals surface area (Å²) < 4.78 is 0. The molecule has 116 valence electrons. The van der Waals surface area contributed by atoms with Crippen LogP contribution < -0.4 is 10.2 Å². The van der Waals surface area contributed by atoms with Crippen LogP contribution in [0.4, 0.5) is 9.93 Å². The lowest BCUT2D eigenvalue weighted by molar-refractivity contribution is 0.191. The van der Waals surface area contributed by atoms with Gasteiger partial charge in [0.05, 0.1) is 6.04 Å². The summed E-state index contributed by atoms with van der Waals surface area (Å²) in [6, 6.07) is 3.79. The van der Waals surface area contributed by atoms with Gasteiger partial charge in [0.15, 0.2) is 5.13 Å². The van der Waals surface area contributed by atoms with Gasteiger partial charge in [0, 0.05) is 50.1 Å². The van der Waals surface area contributed by atoms with Gasteiger partial charge in [-0.15, -0.1) is 11.3 Å². The molecule has 2 aromatic rings. The molecule has 3 heterocycles. The zero-order valence-electron chi connectivity index (χ0n) is 12.5. The maximum atomic E-state index is 12.3. The van der Waals surface area contributed by atoms with E-state index in [4.69, 9.17) is 0 Å². The maximum absolute atomic E-state index is 12.3. The van der Waals surface area contributed by atoms with Gasteiger partial charge in [0.1, 0.15) is 0 Å². The monoisotopic (exact) mass is 317 g/mol. The molecule has 3 rings (SSSR count). The molecule has 1 atom stereocenters. The Hall–Kier alpha value is -2.15. The van der Waals surface area contributed by atoms with E-state index in [2.05, 4.69) is 20.2 Å². The zero-order chi connectivity index (χ0) is 15.4. The molecule has 1 saturated heterocycles. The number of anilines is 1. The van der Waals surface area contributed by atoms with E-state index in [1.807, 2.05) is 35.5 Å². The summed E-state index contributed by atoms with van der Waals surface area (Å²) in [6.45, 7) is 5.04. The summed E-state index contributed by atoms with van der Waals surface area (Å²) in [5.74, 6) is 0. The molecule has 1 fully saturated rings. The van der Waals surface area contributed by atoms with Gasteiger partial charge in [-0.3, -0.25) is 4.98 Å². The number of amides is 2. The van der Waals surface area contributed by atoms with Crippen molar-refractivity contribution in [3.05, 3.63) is 41.7 Å². The lowest BCUT2D eigenvalue weighted by Gasteiger charge is -2.35. The fourth-order valence-electron chi connectivity index (χ4n) is 2.46. The van der Waals surface area contributed by atoms with E-state index in [1.165, 1.54) is 0 Å². The van der Waals surface area contributed by atoms with E-state index >= 15 is 0 Å². The Morgan fingerprint density at radius 3 is 2.77 bits per heavy atom. The van der Waals surface area contributed by atoms with Gasteiger partial charge in [0.2, 0.25) is 0 Å². The van der Waals surface area contributed by atoms with E-state index in [0.717, 1.165) is 23.8 Å². The minimum Gasteiger partial charge on any atom is -0.345 e. The summed E-state index contributed by atoms with van der Waals surface area (Å²) in [5, 5.41) is 6.04. The number of aromatic nitrogens is 2. The fraction of sp³-hybridized carbons (Fsp3) is 0.400. The number of piperazine rings is 1. The van der Waals surface area contributed by atoms with Crippen molar-refractivity contribution < 1.29 is 4.79 Å². The normalized spacial score (nSPS) is 16.4. The average molecular weight is 317 g/mol. The first kappa shape index (κ1) is 14.8. The van der Waals surface area contributed by atoms with E-state index < -0.39 is 0 Å². The molecule has 0 aliphatic carbocycles. The number of rotatable bonds is 3. The van der Waals surface area contributed by atoms with Crippen LogP contribution in [-0.2, 0) is 0 Å². The van der Waals surface area contributed by atoms with Gasteiger partial charge in [-0.2, -0.15) is 0 Å². The van der Waals surface area contributed by atoms with Crippen LogP contribution in [0.15, 0.2) is 36.1 Å². The van der Waals surface area contributed by atoms with Gasteiger partial charge in [0.25, 0.3) is 0 Å². The second kappa shape index (κ2) is 6.74. The summed E-state index contributed by atoms with van der Waals surface area (Å²) >= 11 is 1.64. The Bertz CT molecular complexity index is 596. The average Bonchev–Trinajstić information content (AvgIpc) is 3.10. The molecule has 22 heavy (non-hydrogen) atoms. The van der Waals surface area contributed by atoms with Gasteiger partial charge in [-0.25, -0.2) is 9.78 Å². The van der Waals surface area contributed by atoms with Gasteiger partial charge in [-0.1, -0.05) is 6.07 Å². The summed E-state index contributed by atoms with van der Waals surface area (Å²) in [5.41, 5.74) is 1.01. The van der Waals surface area contributed by atoms with Crippen LogP contribution in [0.25, 0.3) is 0 Å². The Labute approximate surface area is 133 Å². The molecular weight excluding hydrogens is 298 g/mol. The third-order valence-electron chi connectivity index (χ3n) is 3.78. The number of nitrogens with one attached hydrogen (secondary N) is 1. The van der Waals surface area contributed by atoms with Crippen molar-refractivity contribution in [3.63, 3.8) is 0 Å². The predicted molar refractivity (Wildman–Crippen MR) is 87.1 cm³/mol. The Morgan fingerprint density at radius 1 is 1.32 bits per heavy atom. The first-order valence-corrected chi connectivity index (χ1v) is 8.22. The standard InChI is InChI=1S/C15H19N5OS/c1-12(13-3-2-4-16-11-13)18-14(21)19-6-8-20(9-7-19)15-17-5-10-22-15/h2-5,10-12H,6-9H2,1H3,(H,18,21)/t12-/m0/s1. The van der Waals surface area contributed by atoms with Gasteiger partial charge >= 0.3 is 6.03 Å². The number of nitrogens with zero attached hydrogens (tertiary/aromatic N) is 4. The molecule has 0 aromatic carbocycles. The van der Waals surface area contributed by atoms with Crippen LogP contribution in [0.5, 0.6) is 0 Å². The first-order valence-electron chi connectivity index (χ1n) is 7.34. The van der Waals surface area contributed by atoms with Crippen molar-refractivity contribution in [2.24, 2.45) is 0 Å². The van der Waals surface area contributed by atoms with Crippen molar-refractivity contribution in [3.8, 4) is 0 Å². The highest BCUT2D eigenvalue weighted by atomic mass is 32.1. The predicted octanol–water partition coefficient (Wildman–Crippen LogP) is 2.13. The molecule has 1 aliphatic rings. The van der Waals surface area contributed by atoms with Crippen molar-refractivity contribution >= 4 is 22.5 Å². The molecule has 0 unspecified atom stereocenters. The number of hydrogen-bond acceptors (Lipinski definition) is 5. The molecule has 2 aromatic heterocycles. The Kier molecular flexibility index (Phi) is 4.53. The molecule has 7 heteroatoms. The van der Waals surface area contributed by atoms with Crippen LogP contribution >= 0.6 is 11.3 Å². The molecule has 6 nitrogen and oxygen atoms in total. The van der Waals surface area contributed by atoms with Gasteiger partial charge in [-0.05, 0) is 18.6 Å². The summed E-state index contributed by atoms with van der Waals surface area (Å²) in [7, 11) is 0. The molecule has 0 saturated carbocycles. The highest BCUT2D eigenvalue weighted by molar-refractivity contribution is 7.13. The maximum Gasteiger partial charge on any atom is 0.317 e. The second-order valence-corrected chi connectivity index (χ2v) is 6.12. The number of carbonyl (C=O) groups is 1. The molecule has 1 aliphatic heterocycles. The van der Waals surface area contributed by atoms with E-state index in [9.17, 15) is 4.79 Å². The summed E-state index contributed by atoms with van der Waals surface area (Å²) in [4.78, 5) is 24.8. The zero-order valence-corrected chi connectivity index (χ0v) is 13.3. The highest BCUT2D eigenvalue weighted by Gasteiger charge is 2.23. The van der Waals surface area contributed by atoms with Crippen LogP contribution in [0.3, 0.4) is 0 Å². The molecule has 0 spiro atoms. The smallest absolute Gasteiger partial charge is 0.317 e. The lowest BCUT2D eigenvalue weighted by Crippen LogP contribution is -2.52. The van der Waals surface area contributed by atoms with E-state index in [0.29, 0.717) is 13.1 Å². The molecule has 2 amide bonds. The van der Waals surface area contributed by atoms with Crippen LogP contribution in [0, 0.1) is 0 Å². The second-order valence-electron chi connectivity index (χ2n) is 5.25. The fourth-order valence-corrected chi connectivity index (χ4v) is 3.16. The minimum atomic E-state index is -0.0433. The third-order valence-corrected chi connectivity index (χ3v) is 4.61. The van der Waals surface area contributed by atoms with Crippen molar-refractivity contribution in [1.82, 2.24) is 20.2 Å². The quantitative estimate of drug-likeness (QED) is 0.942. The molecular formula is C15H19N5OS. The van der Waals surface area contributed by atoms with Crippen molar-refractivity contribution in [1.29, 1.82) is 0 Å². The van der Waals surface area contributed by atoms with E-state index in [1.54, 1.807) is 23.7 Å². The lowest BCUT2D eigenvalue weighted by atomic mass is 10.1. The van der Waals surface area contributed by atoms with Crippen molar-refractivity contribution in [2.75, 3.05) is 31.1 Å². The van der Waals surface area contributed by atoms with Crippen molar-refractivity contribution in [2.45, 2.75) is 13.0 Å². The summed E-state index contributed by atoms with van der Waals surface area (Å²) in [6.07, 6.45) is 5.33. The highest BCUT2D eigenvalue weighted by Crippen LogP contribution is 2.19. The third kappa shape index (κ3) is 3.36. The Morgan fingerprint density at radius 2 is 2.14 bits per heavy atom. The number of pyridine rings is 1. The number of hydrogen-bond donors (Lipinski definition) is 1. The van der Waals surface area contributed by atoms with E-state index in [-0.39, 0.29) is 12.1 Å². The largest absolute Gasteiger partial charge is 0.345 e. The molecule has 0 radical (unpaired) electrons. The minimum absolute atomic E-state index is 0.0184. The topological polar surface area (TPSA) is 61.4 Å². The Balaban J connectivity index is 1.52.